The number of piperidine rings is 1. The lowest BCUT2D eigenvalue weighted by Crippen LogP contribution is -2.46. The third-order valence-corrected chi connectivity index (χ3v) is 4.09. The number of carbonyl (C=O) groups is 1. The molecule has 1 aromatic heterocycles. The second kappa shape index (κ2) is 8.50. The van der Waals surface area contributed by atoms with Crippen molar-refractivity contribution in [2.75, 3.05) is 32.0 Å². The second-order valence-electron chi connectivity index (χ2n) is 6.11. The van der Waals surface area contributed by atoms with Crippen LogP contribution in [-0.2, 0) is 4.79 Å². The number of nitrogens with zero attached hydrogens (tertiary/aromatic N) is 3. The Morgan fingerprint density at radius 2 is 2.13 bits per heavy atom. The summed E-state index contributed by atoms with van der Waals surface area (Å²) in [6, 6.07) is 5.59. The summed E-state index contributed by atoms with van der Waals surface area (Å²) < 4.78 is 0. The molecule has 1 fully saturated rings. The molecule has 0 atom stereocenters. The van der Waals surface area contributed by atoms with Gasteiger partial charge < -0.3 is 15.5 Å². The summed E-state index contributed by atoms with van der Waals surface area (Å²) in [6.07, 6.45) is 2.78. The van der Waals surface area contributed by atoms with E-state index in [2.05, 4.69) is 32.4 Å². The molecular formula is C17H27N5O. The number of pyridine rings is 1. The van der Waals surface area contributed by atoms with Gasteiger partial charge in [-0.2, -0.15) is 0 Å². The zero-order valence-corrected chi connectivity index (χ0v) is 14.3. The lowest BCUT2D eigenvalue weighted by atomic mass is 10.00. The molecule has 2 heterocycles. The highest BCUT2D eigenvalue weighted by Gasteiger charge is 2.18. The van der Waals surface area contributed by atoms with Gasteiger partial charge in [0.2, 0.25) is 5.91 Å². The Hall–Kier alpha value is -2.11. The zero-order valence-electron chi connectivity index (χ0n) is 14.3. The van der Waals surface area contributed by atoms with Crippen molar-refractivity contribution >= 4 is 17.7 Å². The van der Waals surface area contributed by atoms with Crippen LogP contribution in [0, 0.1) is 12.8 Å². The number of nitrogens with one attached hydrogen (secondary N) is 2. The monoisotopic (exact) mass is 317 g/mol. The molecule has 1 aliphatic rings. The molecule has 0 saturated carbocycles. The zero-order chi connectivity index (χ0) is 16.7. The summed E-state index contributed by atoms with van der Waals surface area (Å²) >= 11 is 0. The molecule has 1 saturated heterocycles. The SMILES string of the molecule is CN=C(NCCC(=O)Nc1cccc(C)n1)N1CCC(C)CC1. The summed E-state index contributed by atoms with van der Waals surface area (Å²) in [5.74, 6) is 2.23. The van der Waals surface area contributed by atoms with Gasteiger partial charge in [-0.25, -0.2) is 4.98 Å². The van der Waals surface area contributed by atoms with Crippen LogP contribution in [0.1, 0.15) is 31.9 Å². The Labute approximate surface area is 138 Å². The third-order valence-electron chi connectivity index (χ3n) is 4.09. The Morgan fingerprint density at radius 1 is 1.39 bits per heavy atom. The Balaban J connectivity index is 1.73. The lowest BCUT2D eigenvalue weighted by molar-refractivity contribution is -0.116. The number of rotatable bonds is 4. The molecule has 6 nitrogen and oxygen atoms in total. The first kappa shape index (κ1) is 17.2. The van der Waals surface area contributed by atoms with Gasteiger partial charge in [-0.1, -0.05) is 13.0 Å². The van der Waals surface area contributed by atoms with Crippen molar-refractivity contribution in [1.29, 1.82) is 0 Å². The normalized spacial score (nSPS) is 16.3. The summed E-state index contributed by atoms with van der Waals surface area (Å²) in [6.45, 7) is 6.81. The van der Waals surface area contributed by atoms with Crippen molar-refractivity contribution in [3.63, 3.8) is 0 Å². The summed E-state index contributed by atoms with van der Waals surface area (Å²) in [7, 11) is 1.79. The van der Waals surface area contributed by atoms with Gasteiger partial charge in [-0.05, 0) is 37.8 Å². The molecule has 0 radical (unpaired) electrons. The molecular weight excluding hydrogens is 290 g/mol. The summed E-state index contributed by atoms with van der Waals surface area (Å²) in [5.41, 5.74) is 0.889. The highest BCUT2D eigenvalue weighted by atomic mass is 16.1. The average Bonchev–Trinajstić information content (AvgIpc) is 2.53. The van der Waals surface area contributed by atoms with Crippen LogP contribution in [0.5, 0.6) is 0 Å². The van der Waals surface area contributed by atoms with Gasteiger partial charge in [-0.15, -0.1) is 0 Å². The molecule has 0 bridgehead atoms. The van der Waals surface area contributed by atoms with Crippen LogP contribution >= 0.6 is 0 Å². The number of hydrogen-bond donors (Lipinski definition) is 2. The molecule has 0 unspecified atom stereocenters. The van der Waals surface area contributed by atoms with E-state index in [1.807, 2.05) is 19.1 Å². The van der Waals surface area contributed by atoms with Crippen LogP contribution in [0.3, 0.4) is 0 Å². The first-order valence-electron chi connectivity index (χ1n) is 8.27. The Kier molecular flexibility index (Phi) is 6.38. The lowest BCUT2D eigenvalue weighted by Gasteiger charge is -2.32. The third kappa shape index (κ3) is 5.54. The molecule has 1 aliphatic heterocycles. The van der Waals surface area contributed by atoms with Crippen molar-refractivity contribution in [2.45, 2.75) is 33.1 Å². The number of hydrogen-bond acceptors (Lipinski definition) is 3. The molecule has 2 rings (SSSR count). The molecule has 1 amide bonds. The summed E-state index contributed by atoms with van der Waals surface area (Å²) in [4.78, 5) is 22.8. The average molecular weight is 317 g/mol. The quantitative estimate of drug-likeness (QED) is 0.658. The smallest absolute Gasteiger partial charge is 0.227 e. The molecule has 23 heavy (non-hydrogen) atoms. The van der Waals surface area contributed by atoms with Crippen molar-refractivity contribution in [3.8, 4) is 0 Å². The number of likely N-dealkylation sites (tertiary alicyclic amines) is 1. The second-order valence-corrected chi connectivity index (χ2v) is 6.11. The van der Waals surface area contributed by atoms with Crippen molar-refractivity contribution in [1.82, 2.24) is 15.2 Å². The molecule has 0 aliphatic carbocycles. The first-order valence-corrected chi connectivity index (χ1v) is 8.27. The Bertz CT molecular complexity index is 550. The van der Waals surface area contributed by atoms with Gasteiger partial charge in [0.25, 0.3) is 0 Å². The van der Waals surface area contributed by atoms with Crippen molar-refractivity contribution < 1.29 is 4.79 Å². The van der Waals surface area contributed by atoms with E-state index in [9.17, 15) is 4.79 Å². The van der Waals surface area contributed by atoms with Gasteiger partial charge in [0.15, 0.2) is 5.96 Å². The predicted octanol–water partition coefficient (Wildman–Crippen LogP) is 2.03. The fourth-order valence-corrected chi connectivity index (χ4v) is 2.66. The van der Waals surface area contributed by atoms with Crippen LogP contribution in [0.2, 0.25) is 0 Å². The number of aromatic nitrogens is 1. The maximum atomic E-state index is 12.0. The van der Waals surface area contributed by atoms with E-state index >= 15 is 0 Å². The van der Waals surface area contributed by atoms with Crippen LogP contribution < -0.4 is 10.6 Å². The minimum absolute atomic E-state index is 0.0432. The van der Waals surface area contributed by atoms with E-state index in [0.717, 1.165) is 30.7 Å². The highest BCUT2D eigenvalue weighted by molar-refractivity contribution is 5.90. The number of amides is 1. The number of guanidine groups is 1. The molecule has 6 heteroatoms. The molecule has 1 aromatic rings. The molecule has 0 spiro atoms. The van der Waals surface area contributed by atoms with Crippen molar-refractivity contribution in [2.24, 2.45) is 10.9 Å². The van der Waals surface area contributed by atoms with Gasteiger partial charge >= 0.3 is 0 Å². The predicted molar refractivity (Wildman–Crippen MR) is 93.6 cm³/mol. The fraction of sp³-hybridized carbons (Fsp3) is 0.588. The Morgan fingerprint density at radius 3 is 2.78 bits per heavy atom. The van der Waals surface area contributed by atoms with E-state index in [1.165, 1.54) is 12.8 Å². The highest BCUT2D eigenvalue weighted by Crippen LogP contribution is 2.15. The minimum Gasteiger partial charge on any atom is -0.356 e. The van der Waals surface area contributed by atoms with Gasteiger partial charge in [0.05, 0.1) is 0 Å². The van der Waals surface area contributed by atoms with Crippen molar-refractivity contribution in [3.05, 3.63) is 23.9 Å². The molecule has 0 aromatic carbocycles. The number of aryl methyl sites for hydroxylation is 1. The number of carbonyl (C=O) groups excluding carboxylic acids is 1. The van der Waals surface area contributed by atoms with Crippen LogP contribution in [-0.4, -0.2) is 48.4 Å². The van der Waals surface area contributed by atoms with Gasteiger partial charge in [0, 0.05) is 38.8 Å². The fourth-order valence-electron chi connectivity index (χ4n) is 2.66. The first-order chi connectivity index (χ1) is 11.1. The molecule has 126 valence electrons. The minimum atomic E-state index is -0.0432. The summed E-state index contributed by atoms with van der Waals surface area (Å²) in [5, 5.41) is 6.09. The molecule has 2 N–H and O–H groups in total. The van der Waals surface area contributed by atoms with Crippen LogP contribution in [0.25, 0.3) is 0 Å². The standard InChI is InChI=1S/C17H27N5O/c1-13-8-11-22(12-9-13)17(18-3)19-10-7-16(23)21-15-6-4-5-14(2)20-15/h4-6,13H,7-12H2,1-3H3,(H,18,19)(H,20,21,23). The van der Waals surface area contributed by atoms with E-state index in [0.29, 0.717) is 18.8 Å². The van der Waals surface area contributed by atoms with E-state index in [4.69, 9.17) is 0 Å². The number of aliphatic imine (C=N–C) groups is 1. The largest absolute Gasteiger partial charge is 0.356 e. The van der Waals surface area contributed by atoms with E-state index in [-0.39, 0.29) is 5.91 Å². The maximum Gasteiger partial charge on any atom is 0.227 e. The van der Waals surface area contributed by atoms with Gasteiger partial charge in [0.1, 0.15) is 5.82 Å². The van der Waals surface area contributed by atoms with E-state index in [1.54, 1.807) is 13.1 Å². The van der Waals surface area contributed by atoms with E-state index < -0.39 is 0 Å². The number of anilines is 1. The van der Waals surface area contributed by atoms with Gasteiger partial charge in [-0.3, -0.25) is 9.79 Å². The maximum absolute atomic E-state index is 12.0. The van der Waals surface area contributed by atoms with Crippen LogP contribution in [0.4, 0.5) is 5.82 Å². The topological polar surface area (TPSA) is 69.6 Å². The van der Waals surface area contributed by atoms with Crippen LogP contribution in [0.15, 0.2) is 23.2 Å².